The molecule has 1 heterocycles. The molecule has 0 spiro atoms. The second-order valence-electron chi connectivity index (χ2n) is 5.48. The molecule has 1 aromatic carbocycles. The summed E-state index contributed by atoms with van der Waals surface area (Å²) in [6, 6.07) is 9.43. The van der Waals surface area contributed by atoms with E-state index >= 15 is 0 Å². The van der Waals surface area contributed by atoms with Crippen molar-refractivity contribution in [1.82, 2.24) is 4.90 Å². The van der Waals surface area contributed by atoms with Gasteiger partial charge in [0.2, 0.25) is 11.8 Å². The second kappa shape index (κ2) is 8.13. The molecule has 0 saturated heterocycles. The number of hydrogen-bond acceptors (Lipinski definition) is 3. The van der Waals surface area contributed by atoms with Gasteiger partial charge < -0.3 is 10.2 Å². The van der Waals surface area contributed by atoms with E-state index in [0.717, 1.165) is 21.7 Å². The lowest BCUT2D eigenvalue weighted by Gasteiger charge is -2.16. The van der Waals surface area contributed by atoms with Gasteiger partial charge in [0.15, 0.2) is 0 Å². The van der Waals surface area contributed by atoms with Crippen molar-refractivity contribution in [3.63, 3.8) is 0 Å². The first-order chi connectivity index (χ1) is 11.4. The Balaban J connectivity index is 1.93. The molecule has 2 rings (SSSR count). The molecule has 1 aromatic heterocycles. The van der Waals surface area contributed by atoms with Gasteiger partial charge in [0.1, 0.15) is 0 Å². The Bertz CT molecular complexity index is 763. The topological polar surface area (TPSA) is 49.4 Å². The van der Waals surface area contributed by atoms with E-state index < -0.39 is 0 Å². The third-order valence-electron chi connectivity index (χ3n) is 3.49. The number of anilines is 1. The summed E-state index contributed by atoms with van der Waals surface area (Å²) >= 11 is 7.23. The first kappa shape index (κ1) is 18.2. The Morgan fingerprint density at radius 1 is 1.21 bits per heavy atom. The largest absolute Gasteiger partial charge is 0.333 e. The normalized spacial score (nSPS) is 10.8. The molecular formula is C18H19ClN2O2S. The van der Waals surface area contributed by atoms with Gasteiger partial charge >= 0.3 is 0 Å². The Kier molecular flexibility index (Phi) is 6.17. The van der Waals surface area contributed by atoms with Crippen molar-refractivity contribution in [2.45, 2.75) is 13.8 Å². The average molecular weight is 363 g/mol. The van der Waals surface area contributed by atoms with Crippen LogP contribution in [0.3, 0.4) is 0 Å². The molecule has 0 aliphatic carbocycles. The van der Waals surface area contributed by atoms with Crippen LogP contribution in [0.2, 0.25) is 4.34 Å². The molecule has 0 radical (unpaired) electrons. The number of rotatable bonds is 5. The van der Waals surface area contributed by atoms with E-state index in [4.69, 9.17) is 11.6 Å². The van der Waals surface area contributed by atoms with E-state index in [-0.39, 0.29) is 18.4 Å². The lowest BCUT2D eigenvalue weighted by atomic mass is 10.1. The van der Waals surface area contributed by atoms with Crippen LogP contribution in [-0.2, 0) is 9.59 Å². The van der Waals surface area contributed by atoms with Crippen LogP contribution in [-0.4, -0.2) is 30.3 Å². The maximum atomic E-state index is 12.2. The quantitative estimate of drug-likeness (QED) is 0.813. The minimum atomic E-state index is -0.240. The number of amides is 2. The van der Waals surface area contributed by atoms with Crippen molar-refractivity contribution in [3.05, 3.63) is 56.7 Å². The molecule has 0 fully saturated rings. The number of aryl methyl sites for hydroxylation is 2. The highest BCUT2D eigenvalue weighted by molar-refractivity contribution is 7.17. The molecule has 4 nitrogen and oxygen atoms in total. The van der Waals surface area contributed by atoms with Crippen LogP contribution in [0.25, 0.3) is 6.08 Å². The standard InChI is InChI=1S/C18H19ClN2O2S/c1-12-5-4-6-13(2)18(12)20-16(22)11-21(3)17(23)10-8-14-7-9-15(19)24-14/h4-10H,11H2,1-3H3,(H,20,22)/b10-8+. The van der Waals surface area contributed by atoms with E-state index in [9.17, 15) is 9.59 Å². The van der Waals surface area contributed by atoms with E-state index in [1.165, 1.54) is 22.3 Å². The van der Waals surface area contributed by atoms with E-state index in [1.807, 2.05) is 38.1 Å². The fourth-order valence-electron chi connectivity index (χ4n) is 2.18. The predicted molar refractivity (Wildman–Crippen MR) is 101 cm³/mol. The fourth-order valence-corrected chi connectivity index (χ4v) is 3.15. The Hall–Kier alpha value is -2.11. The number of benzene rings is 1. The number of carbonyl (C=O) groups is 2. The van der Waals surface area contributed by atoms with Crippen LogP contribution in [0, 0.1) is 13.8 Å². The maximum absolute atomic E-state index is 12.2. The molecule has 126 valence electrons. The highest BCUT2D eigenvalue weighted by Crippen LogP contribution is 2.22. The third-order valence-corrected chi connectivity index (χ3v) is 4.68. The summed E-state index contributed by atoms with van der Waals surface area (Å²) in [5.74, 6) is -0.466. The predicted octanol–water partition coefficient (Wildman–Crippen LogP) is 4.13. The van der Waals surface area contributed by atoms with Crippen molar-refractivity contribution in [2.24, 2.45) is 0 Å². The van der Waals surface area contributed by atoms with Crippen molar-refractivity contribution in [2.75, 3.05) is 18.9 Å². The fraction of sp³-hybridized carbons (Fsp3) is 0.222. The van der Waals surface area contributed by atoms with Gasteiger partial charge in [0.25, 0.3) is 0 Å². The summed E-state index contributed by atoms with van der Waals surface area (Å²) in [5, 5.41) is 2.87. The van der Waals surface area contributed by atoms with E-state index in [0.29, 0.717) is 4.34 Å². The highest BCUT2D eigenvalue weighted by Gasteiger charge is 2.12. The molecule has 2 amide bonds. The molecular weight excluding hydrogens is 344 g/mol. The van der Waals surface area contributed by atoms with Crippen LogP contribution in [0.1, 0.15) is 16.0 Å². The number of thiophene rings is 1. The van der Waals surface area contributed by atoms with Gasteiger partial charge in [-0.05, 0) is 43.2 Å². The van der Waals surface area contributed by atoms with Crippen molar-refractivity contribution in [3.8, 4) is 0 Å². The van der Waals surface area contributed by atoms with Gasteiger partial charge in [-0.1, -0.05) is 29.8 Å². The van der Waals surface area contributed by atoms with E-state index in [2.05, 4.69) is 5.32 Å². The Labute approximate surface area is 150 Å². The Morgan fingerprint density at radius 2 is 1.88 bits per heavy atom. The zero-order valence-corrected chi connectivity index (χ0v) is 15.4. The second-order valence-corrected chi connectivity index (χ2v) is 7.23. The number of carbonyl (C=O) groups excluding carboxylic acids is 2. The summed E-state index contributed by atoms with van der Waals surface area (Å²) in [6.45, 7) is 3.86. The smallest absolute Gasteiger partial charge is 0.246 e. The molecule has 1 N–H and O–H groups in total. The van der Waals surface area contributed by atoms with E-state index in [1.54, 1.807) is 19.2 Å². The first-order valence-corrected chi connectivity index (χ1v) is 8.61. The number of nitrogens with zero attached hydrogens (tertiary/aromatic N) is 1. The number of hydrogen-bond donors (Lipinski definition) is 1. The Morgan fingerprint density at radius 3 is 2.46 bits per heavy atom. The highest BCUT2D eigenvalue weighted by atomic mass is 35.5. The lowest BCUT2D eigenvalue weighted by Crippen LogP contribution is -2.34. The van der Waals surface area contributed by atoms with Crippen molar-refractivity contribution >= 4 is 46.5 Å². The van der Waals surface area contributed by atoms with Crippen LogP contribution < -0.4 is 5.32 Å². The first-order valence-electron chi connectivity index (χ1n) is 7.41. The van der Waals surface area contributed by atoms with Gasteiger partial charge in [0.05, 0.1) is 10.9 Å². The van der Waals surface area contributed by atoms with Crippen molar-refractivity contribution < 1.29 is 9.59 Å². The van der Waals surface area contributed by atoms with Gasteiger partial charge in [-0.25, -0.2) is 0 Å². The van der Waals surface area contributed by atoms with Gasteiger partial charge in [0, 0.05) is 23.7 Å². The number of likely N-dealkylation sites (N-methyl/N-ethyl adjacent to an activating group) is 1. The van der Waals surface area contributed by atoms with Crippen LogP contribution in [0.4, 0.5) is 5.69 Å². The number of nitrogens with one attached hydrogen (secondary N) is 1. The molecule has 24 heavy (non-hydrogen) atoms. The molecule has 0 unspecified atom stereocenters. The summed E-state index contributed by atoms with van der Waals surface area (Å²) in [4.78, 5) is 26.5. The molecule has 2 aromatic rings. The number of para-hydroxylation sites is 1. The molecule has 0 aliphatic rings. The van der Waals surface area contributed by atoms with Gasteiger partial charge in [-0.3, -0.25) is 9.59 Å². The zero-order valence-electron chi connectivity index (χ0n) is 13.8. The van der Waals surface area contributed by atoms with Gasteiger partial charge in [-0.15, -0.1) is 11.3 Å². The SMILES string of the molecule is Cc1cccc(C)c1NC(=O)CN(C)C(=O)/C=C/c1ccc(Cl)s1. The summed E-state index contributed by atoms with van der Waals surface area (Å²) < 4.78 is 0.670. The average Bonchev–Trinajstić information content (AvgIpc) is 2.94. The molecule has 0 aliphatic heterocycles. The third kappa shape index (κ3) is 4.94. The lowest BCUT2D eigenvalue weighted by molar-refractivity contribution is -0.129. The van der Waals surface area contributed by atoms with Crippen LogP contribution >= 0.6 is 22.9 Å². The summed E-state index contributed by atoms with van der Waals surface area (Å²) in [5.41, 5.74) is 2.78. The van der Waals surface area contributed by atoms with Gasteiger partial charge in [-0.2, -0.15) is 0 Å². The molecule has 6 heteroatoms. The molecule has 0 bridgehead atoms. The molecule has 0 saturated carbocycles. The van der Waals surface area contributed by atoms with Crippen molar-refractivity contribution in [1.29, 1.82) is 0 Å². The zero-order chi connectivity index (χ0) is 17.7. The summed E-state index contributed by atoms with van der Waals surface area (Å²) in [6.07, 6.45) is 3.13. The minimum Gasteiger partial charge on any atom is -0.333 e. The summed E-state index contributed by atoms with van der Waals surface area (Å²) in [7, 11) is 1.60. The minimum absolute atomic E-state index is 0.0118. The molecule has 0 atom stereocenters. The van der Waals surface area contributed by atoms with Crippen LogP contribution in [0.15, 0.2) is 36.4 Å². The monoisotopic (exact) mass is 362 g/mol. The number of halogens is 1. The van der Waals surface area contributed by atoms with Crippen LogP contribution in [0.5, 0.6) is 0 Å². The maximum Gasteiger partial charge on any atom is 0.246 e.